The molecule has 3 heteroatoms. The Hall–Kier alpha value is -5.67. The smallest absolute Gasteiger partial charge is 0.137 e. The van der Waals surface area contributed by atoms with E-state index >= 15 is 0 Å². The van der Waals surface area contributed by atoms with Crippen LogP contribution in [-0.2, 0) is 0 Å². The molecule has 0 aliphatic heterocycles. The lowest BCUT2D eigenvalue weighted by Gasteiger charge is -2.26. The molecule has 3 nitrogen and oxygen atoms in total. The van der Waals surface area contributed by atoms with Gasteiger partial charge in [0.2, 0.25) is 0 Å². The Morgan fingerprint density at radius 2 is 1.10 bits per heavy atom. The highest BCUT2D eigenvalue weighted by Gasteiger charge is 2.17. The molecular weight excluding hydrogens is 510 g/mol. The highest BCUT2D eigenvalue weighted by atomic mass is 15.2. The molecule has 6 aromatic carbocycles. The second-order valence-electron chi connectivity index (χ2n) is 10.5. The number of benzene rings is 6. The molecule has 42 heavy (non-hydrogen) atoms. The maximum Gasteiger partial charge on any atom is 0.137 e. The van der Waals surface area contributed by atoms with Crippen LogP contribution in [0.4, 0.5) is 17.2 Å². The number of nitrogens with zero attached hydrogens (tertiary/aromatic N) is 3. The van der Waals surface area contributed by atoms with E-state index < -0.39 is 0 Å². The van der Waals surface area contributed by atoms with E-state index in [2.05, 4.69) is 155 Å². The van der Waals surface area contributed by atoms with Crippen LogP contribution >= 0.6 is 0 Å². The Morgan fingerprint density at radius 3 is 1.86 bits per heavy atom. The minimum Gasteiger partial charge on any atom is -0.309 e. The number of fused-ring (bicyclic) bond motifs is 4. The van der Waals surface area contributed by atoms with Crippen molar-refractivity contribution < 1.29 is 0 Å². The largest absolute Gasteiger partial charge is 0.309 e. The van der Waals surface area contributed by atoms with Crippen LogP contribution in [-0.4, -0.2) is 9.55 Å². The second kappa shape index (κ2) is 10.1. The molecule has 0 amide bonds. The maximum absolute atomic E-state index is 4.77. The van der Waals surface area contributed by atoms with Crippen LogP contribution in [0, 0.1) is 0 Å². The number of para-hydroxylation sites is 2. The Kier molecular flexibility index (Phi) is 5.79. The number of hydrogen-bond donors (Lipinski definition) is 0. The lowest BCUT2D eigenvalue weighted by molar-refractivity contribution is 1.18. The van der Waals surface area contributed by atoms with Crippen molar-refractivity contribution in [2.75, 3.05) is 4.90 Å². The molecule has 0 aliphatic carbocycles. The van der Waals surface area contributed by atoms with E-state index in [4.69, 9.17) is 4.98 Å². The Morgan fingerprint density at radius 1 is 0.476 bits per heavy atom. The van der Waals surface area contributed by atoms with Crippen molar-refractivity contribution in [3.63, 3.8) is 0 Å². The summed E-state index contributed by atoms with van der Waals surface area (Å²) in [5, 5.41) is 4.92. The van der Waals surface area contributed by atoms with Crippen LogP contribution in [0.25, 0.3) is 49.4 Å². The molecule has 8 rings (SSSR count). The summed E-state index contributed by atoms with van der Waals surface area (Å²) in [4.78, 5) is 7.02. The van der Waals surface area contributed by atoms with Gasteiger partial charge < -0.3 is 4.57 Å². The molecule has 0 N–H and O–H groups in total. The van der Waals surface area contributed by atoms with Crippen molar-refractivity contribution in [3.8, 4) is 16.8 Å². The fraction of sp³-hybridized carbons (Fsp3) is 0. The predicted octanol–water partition coefficient (Wildman–Crippen LogP) is 10.5. The third-order valence-corrected chi connectivity index (χ3v) is 8.01. The molecule has 2 heterocycles. The molecular formula is C39H27N3. The van der Waals surface area contributed by atoms with E-state index in [9.17, 15) is 0 Å². The van der Waals surface area contributed by atoms with E-state index in [1.807, 2.05) is 18.3 Å². The molecule has 0 radical (unpaired) electrons. The quantitative estimate of drug-likeness (QED) is 0.218. The van der Waals surface area contributed by atoms with Crippen LogP contribution in [0.1, 0.15) is 0 Å². The molecule has 0 fully saturated rings. The summed E-state index contributed by atoms with van der Waals surface area (Å²) in [5.74, 6) is 0.880. The standard InChI is InChI=1S/C39H27N3/c1-2-18-33-28(12-1)13-11-23-36(33)42(39-24-7-8-25-40-39)32-17-10-15-30(27-32)29-14-9-16-31(26-29)41-37-21-5-3-19-34(37)35-20-4-6-22-38(35)41/h1-27H. The zero-order valence-electron chi connectivity index (χ0n) is 22.9. The molecule has 0 spiro atoms. The summed E-state index contributed by atoms with van der Waals surface area (Å²) in [7, 11) is 0. The lowest BCUT2D eigenvalue weighted by Crippen LogP contribution is -2.11. The zero-order valence-corrected chi connectivity index (χ0v) is 22.9. The fourth-order valence-corrected chi connectivity index (χ4v) is 6.13. The van der Waals surface area contributed by atoms with Gasteiger partial charge >= 0.3 is 0 Å². The molecule has 0 aliphatic rings. The average Bonchev–Trinajstić information content (AvgIpc) is 3.40. The minimum atomic E-state index is 0.880. The first-order valence-corrected chi connectivity index (χ1v) is 14.2. The van der Waals surface area contributed by atoms with Gasteiger partial charge in [0.05, 0.1) is 16.7 Å². The van der Waals surface area contributed by atoms with Gasteiger partial charge in [0.1, 0.15) is 5.82 Å². The molecule has 0 atom stereocenters. The molecule has 2 aromatic heterocycles. The van der Waals surface area contributed by atoms with Crippen molar-refractivity contribution in [3.05, 3.63) is 164 Å². The van der Waals surface area contributed by atoms with Crippen molar-refractivity contribution in [2.24, 2.45) is 0 Å². The number of rotatable bonds is 5. The molecule has 0 unspecified atom stereocenters. The third-order valence-electron chi connectivity index (χ3n) is 8.01. The molecule has 8 aromatic rings. The van der Waals surface area contributed by atoms with Crippen LogP contribution in [0.5, 0.6) is 0 Å². The summed E-state index contributed by atoms with van der Waals surface area (Å²) in [6.07, 6.45) is 1.85. The Bertz CT molecular complexity index is 2150. The molecule has 198 valence electrons. The summed E-state index contributed by atoms with van der Waals surface area (Å²) < 4.78 is 2.37. The first kappa shape index (κ1) is 24.2. The van der Waals surface area contributed by atoms with Crippen molar-refractivity contribution >= 4 is 49.8 Å². The highest BCUT2D eigenvalue weighted by Crippen LogP contribution is 2.39. The first-order valence-electron chi connectivity index (χ1n) is 14.2. The van der Waals surface area contributed by atoms with Gasteiger partial charge in [-0.25, -0.2) is 4.98 Å². The van der Waals surface area contributed by atoms with Gasteiger partial charge in [-0.15, -0.1) is 0 Å². The molecule has 0 bridgehead atoms. The van der Waals surface area contributed by atoms with Gasteiger partial charge in [-0.3, -0.25) is 4.90 Å². The highest BCUT2D eigenvalue weighted by molar-refractivity contribution is 6.09. The van der Waals surface area contributed by atoms with Gasteiger partial charge in [0.25, 0.3) is 0 Å². The molecule has 0 saturated heterocycles. The zero-order chi connectivity index (χ0) is 27.9. The van der Waals surface area contributed by atoms with Crippen molar-refractivity contribution in [1.82, 2.24) is 9.55 Å². The van der Waals surface area contributed by atoms with E-state index in [1.165, 1.54) is 32.6 Å². The summed E-state index contributed by atoms with van der Waals surface area (Å²) in [5.41, 5.74) is 8.04. The van der Waals surface area contributed by atoms with Gasteiger partial charge in [0.15, 0.2) is 0 Å². The third kappa shape index (κ3) is 4.03. The van der Waals surface area contributed by atoms with Crippen LogP contribution in [0.2, 0.25) is 0 Å². The number of aromatic nitrogens is 2. The normalized spacial score (nSPS) is 11.3. The van der Waals surface area contributed by atoms with Crippen LogP contribution < -0.4 is 4.90 Å². The van der Waals surface area contributed by atoms with Crippen LogP contribution in [0.3, 0.4) is 0 Å². The predicted molar refractivity (Wildman–Crippen MR) is 176 cm³/mol. The van der Waals surface area contributed by atoms with E-state index in [0.29, 0.717) is 0 Å². The average molecular weight is 538 g/mol. The van der Waals surface area contributed by atoms with Gasteiger partial charge in [-0.05, 0) is 71.1 Å². The summed E-state index contributed by atoms with van der Waals surface area (Å²) in [6, 6.07) is 55.9. The maximum atomic E-state index is 4.77. The van der Waals surface area contributed by atoms with Crippen molar-refractivity contribution in [1.29, 1.82) is 0 Å². The summed E-state index contributed by atoms with van der Waals surface area (Å²) in [6.45, 7) is 0. The van der Waals surface area contributed by atoms with E-state index in [-0.39, 0.29) is 0 Å². The SMILES string of the molecule is c1ccc(N(c2cccc(-c3cccc(-n4c5ccccc5c5ccccc54)c3)c2)c2cccc3ccccc23)nc1. The number of hydrogen-bond acceptors (Lipinski definition) is 2. The van der Waals surface area contributed by atoms with Crippen molar-refractivity contribution in [2.45, 2.75) is 0 Å². The lowest BCUT2D eigenvalue weighted by atomic mass is 10.0. The summed E-state index contributed by atoms with van der Waals surface area (Å²) >= 11 is 0. The topological polar surface area (TPSA) is 21.1 Å². The first-order chi connectivity index (χ1) is 20.8. The monoisotopic (exact) mass is 537 g/mol. The Balaban J connectivity index is 1.28. The molecule has 0 saturated carbocycles. The van der Waals surface area contributed by atoms with Gasteiger partial charge in [0, 0.05) is 33.7 Å². The number of anilines is 3. The van der Waals surface area contributed by atoms with Crippen LogP contribution in [0.15, 0.2) is 164 Å². The Labute approximate surface area is 244 Å². The fourth-order valence-electron chi connectivity index (χ4n) is 6.13. The van der Waals surface area contributed by atoms with Gasteiger partial charge in [-0.1, -0.05) is 103 Å². The second-order valence-corrected chi connectivity index (χ2v) is 10.5. The van der Waals surface area contributed by atoms with E-state index in [1.54, 1.807) is 0 Å². The minimum absolute atomic E-state index is 0.880. The van der Waals surface area contributed by atoms with Gasteiger partial charge in [-0.2, -0.15) is 0 Å². The van der Waals surface area contributed by atoms with E-state index in [0.717, 1.165) is 34.0 Å². The number of pyridine rings is 1.